The molecule has 0 spiro atoms. The van der Waals surface area contributed by atoms with Crippen LogP contribution >= 0.6 is 0 Å². The third-order valence-corrected chi connectivity index (χ3v) is 4.50. The summed E-state index contributed by atoms with van der Waals surface area (Å²) >= 11 is 0. The van der Waals surface area contributed by atoms with E-state index in [1.54, 1.807) is 12.1 Å². The zero-order valence-corrected chi connectivity index (χ0v) is 16.4. The van der Waals surface area contributed by atoms with Crippen LogP contribution in [0.1, 0.15) is 49.2 Å². The Labute approximate surface area is 169 Å². The number of hydrogen-bond acceptors (Lipinski definition) is 6. The monoisotopic (exact) mass is 397 g/mol. The summed E-state index contributed by atoms with van der Waals surface area (Å²) in [4.78, 5) is 23.0. The van der Waals surface area contributed by atoms with Gasteiger partial charge < -0.3 is 14.2 Å². The van der Waals surface area contributed by atoms with Crippen LogP contribution in [0.2, 0.25) is 0 Å². The molecule has 0 atom stereocenters. The van der Waals surface area contributed by atoms with E-state index in [0.29, 0.717) is 24.7 Å². The number of benzene rings is 2. The molecular formula is C22H23NO6. The summed E-state index contributed by atoms with van der Waals surface area (Å²) in [5.41, 5.74) is 2.23. The normalized spacial score (nSPS) is 15.0. The number of nitro benzene ring substituents is 1. The molecule has 0 aliphatic carbocycles. The van der Waals surface area contributed by atoms with Crippen LogP contribution in [0.5, 0.6) is 5.75 Å². The first-order valence-corrected chi connectivity index (χ1v) is 9.45. The fraction of sp³-hybridized carbons (Fsp3) is 0.318. The standard InChI is InChI=1S/C22H23NO6/c1-15(2)17-7-4-16(5-8-17)6-11-21(24)29-20-10-9-18(14-19(20)23(25)26)22-27-12-3-13-28-22/h4-11,14-15,22H,3,12-13H2,1-2H3/b11-6+. The van der Waals surface area contributed by atoms with Crippen LogP contribution in [-0.4, -0.2) is 24.1 Å². The van der Waals surface area contributed by atoms with Crippen molar-refractivity contribution in [2.24, 2.45) is 0 Å². The minimum absolute atomic E-state index is 0.126. The first-order valence-electron chi connectivity index (χ1n) is 9.45. The average Bonchev–Trinajstić information content (AvgIpc) is 2.73. The van der Waals surface area contributed by atoms with E-state index in [0.717, 1.165) is 12.0 Å². The van der Waals surface area contributed by atoms with Crippen molar-refractivity contribution in [3.63, 3.8) is 0 Å². The first kappa shape index (κ1) is 20.7. The Morgan fingerprint density at radius 3 is 2.48 bits per heavy atom. The number of nitro groups is 1. The number of rotatable bonds is 6. The van der Waals surface area contributed by atoms with Crippen LogP contribution in [0.25, 0.3) is 6.08 Å². The van der Waals surface area contributed by atoms with Crippen molar-refractivity contribution in [3.05, 3.63) is 75.3 Å². The molecule has 7 nitrogen and oxygen atoms in total. The Kier molecular flexibility index (Phi) is 6.74. The number of nitrogens with zero attached hydrogens (tertiary/aromatic N) is 1. The second kappa shape index (κ2) is 9.45. The van der Waals surface area contributed by atoms with Gasteiger partial charge in [0.15, 0.2) is 6.29 Å². The predicted molar refractivity (Wildman–Crippen MR) is 108 cm³/mol. The van der Waals surface area contributed by atoms with Crippen LogP contribution in [0.3, 0.4) is 0 Å². The molecule has 29 heavy (non-hydrogen) atoms. The zero-order valence-electron chi connectivity index (χ0n) is 16.4. The third-order valence-electron chi connectivity index (χ3n) is 4.50. The van der Waals surface area contributed by atoms with E-state index in [1.165, 1.54) is 23.8 Å². The number of carbonyl (C=O) groups is 1. The Morgan fingerprint density at radius 1 is 1.17 bits per heavy atom. The Balaban J connectivity index is 1.71. The van der Waals surface area contributed by atoms with Gasteiger partial charge in [-0.1, -0.05) is 38.1 Å². The minimum atomic E-state index is -0.695. The summed E-state index contributed by atoms with van der Waals surface area (Å²) in [6, 6.07) is 12.1. The molecule has 1 heterocycles. The summed E-state index contributed by atoms with van der Waals surface area (Å²) in [6.07, 6.45) is 2.98. The summed E-state index contributed by atoms with van der Waals surface area (Å²) in [6.45, 7) is 5.26. The Hall–Kier alpha value is -3.03. The van der Waals surface area contributed by atoms with E-state index in [1.807, 2.05) is 24.3 Å². The van der Waals surface area contributed by atoms with Gasteiger partial charge in [0.25, 0.3) is 0 Å². The molecule has 1 aliphatic rings. The van der Waals surface area contributed by atoms with Crippen molar-refractivity contribution in [1.29, 1.82) is 0 Å². The summed E-state index contributed by atoms with van der Waals surface area (Å²) in [7, 11) is 0. The molecule has 0 aromatic heterocycles. The maximum atomic E-state index is 12.1. The molecule has 2 aromatic rings. The zero-order chi connectivity index (χ0) is 20.8. The molecule has 3 rings (SSSR count). The van der Waals surface area contributed by atoms with Gasteiger partial charge in [-0.15, -0.1) is 0 Å². The molecule has 0 N–H and O–H groups in total. The van der Waals surface area contributed by atoms with Gasteiger partial charge >= 0.3 is 11.7 Å². The van der Waals surface area contributed by atoms with Crippen LogP contribution in [-0.2, 0) is 14.3 Å². The maximum absolute atomic E-state index is 12.1. The average molecular weight is 397 g/mol. The van der Waals surface area contributed by atoms with E-state index >= 15 is 0 Å². The van der Waals surface area contributed by atoms with Gasteiger partial charge in [0, 0.05) is 17.7 Å². The van der Waals surface area contributed by atoms with Crippen molar-refractivity contribution in [2.45, 2.75) is 32.5 Å². The fourth-order valence-corrected chi connectivity index (χ4v) is 2.89. The highest BCUT2D eigenvalue weighted by Crippen LogP contribution is 2.33. The molecule has 1 aliphatic heterocycles. The molecule has 0 saturated carbocycles. The lowest BCUT2D eigenvalue weighted by Crippen LogP contribution is -2.18. The summed E-state index contributed by atoms with van der Waals surface area (Å²) in [5.74, 6) is -0.399. The molecule has 1 saturated heterocycles. The molecule has 7 heteroatoms. The first-order chi connectivity index (χ1) is 13.9. The molecule has 0 amide bonds. The maximum Gasteiger partial charge on any atom is 0.336 e. The second-order valence-corrected chi connectivity index (χ2v) is 6.99. The highest BCUT2D eigenvalue weighted by atomic mass is 16.7. The summed E-state index contributed by atoms with van der Waals surface area (Å²) < 4.78 is 16.1. The fourth-order valence-electron chi connectivity index (χ4n) is 2.89. The van der Waals surface area contributed by atoms with E-state index < -0.39 is 17.2 Å². The number of carbonyl (C=O) groups excluding carboxylic acids is 1. The lowest BCUT2D eigenvalue weighted by Gasteiger charge is -2.23. The van der Waals surface area contributed by atoms with Crippen LogP contribution in [0, 0.1) is 10.1 Å². The molecule has 0 bridgehead atoms. The molecule has 0 unspecified atom stereocenters. The topological polar surface area (TPSA) is 87.9 Å². The Bertz CT molecular complexity index is 898. The van der Waals surface area contributed by atoms with Gasteiger partial charge in [0.05, 0.1) is 18.1 Å². The highest BCUT2D eigenvalue weighted by Gasteiger charge is 2.23. The lowest BCUT2D eigenvalue weighted by atomic mass is 10.0. The van der Waals surface area contributed by atoms with Crippen molar-refractivity contribution in [2.75, 3.05) is 13.2 Å². The van der Waals surface area contributed by atoms with Gasteiger partial charge in [0.1, 0.15) is 0 Å². The van der Waals surface area contributed by atoms with Crippen LogP contribution < -0.4 is 4.74 Å². The molecule has 2 aromatic carbocycles. The van der Waals surface area contributed by atoms with E-state index in [4.69, 9.17) is 14.2 Å². The number of esters is 1. The van der Waals surface area contributed by atoms with E-state index in [9.17, 15) is 14.9 Å². The predicted octanol–water partition coefficient (Wildman–Crippen LogP) is 4.77. The van der Waals surface area contributed by atoms with Gasteiger partial charge in [-0.25, -0.2) is 4.79 Å². The van der Waals surface area contributed by atoms with E-state index in [-0.39, 0.29) is 11.4 Å². The molecular weight excluding hydrogens is 374 g/mol. The highest BCUT2D eigenvalue weighted by molar-refractivity contribution is 5.89. The van der Waals surface area contributed by atoms with Crippen molar-refractivity contribution < 1.29 is 23.9 Å². The lowest BCUT2D eigenvalue weighted by molar-refractivity contribution is -0.385. The van der Waals surface area contributed by atoms with Crippen molar-refractivity contribution in [1.82, 2.24) is 0 Å². The van der Waals surface area contributed by atoms with Gasteiger partial charge in [-0.2, -0.15) is 0 Å². The smallest absolute Gasteiger partial charge is 0.336 e. The largest absolute Gasteiger partial charge is 0.416 e. The van der Waals surface area contributed by atoms with Crippen molar-refractivity contribution >= 4 is 17.7 Å². The van der Waals surface area contributed by atoms with Crippen LogP contribution in [0.15, 0.2) is 48.5 Å². The number of ether oxygens (including phenoxy) is 3. The quantitative estimate of drug-likeness (QED) is 0.229. The third kappa shape index (κ3) is 5.49. The molecule has 0 radical (unpaired) electrons. The molecule has 152 valence electrons. The minimum Gasteiger partial charge on any atom is -0.416 e. The van der Waals surface area contributed by atoms with E-state index in [2.05, 4.69) is 13.8 Å². The SMILES string of the molecule is CC(C)c1ccc(/C=C/C(=O)Oc2ccc(C3OCCCO3)cc2[N+](=O)[O-])cc1. The summed E-state index contributed by atoms with van der Waals surface area (Å²) in [5, 5.41) is 11.4. The second-order valence-electron chi connectivity index (χ2n) is 6.99. The van der Waals surface area contributed by atoms with Gasteiger partial charge in [0.2, 0.25) is 5.75 Å². The van der Waals surface area contributed by atoms with Gasteiger partial charge in [-0.05, 0) is 41.7 Å². The number of hydrogen-bond donors (Lipinski definition) is 0. The van der Waals surface area contributed by atoms with Gasteiger partial charge in [-0.3, -0.25) is 10.1 Å². The van der Waals surface area contributed by atoms with Crippen LogP contribution in [0.4, 0.5) is 5.69 Å². The molecule has 1 fully saturated rings. The van der Waals surface area contributed by atoms with Crippen molar-refractivity contribution in [3.8, 4) is 5.75 Å². The Morgan fingerprint density at radius 2 is 1.86 bits per heavy atom.